The van der Waals surface area contributed by atoms with Crippen molar-refractivity contribution in [3.63, 3.8) is 0 Å². The minimum atomic E-state index is -0.423. The van der Waals surface area contributed by atoms with E-state index in [1.165, 1.54) is 25.8 Å². The van der Waals surface area contributed by atoms with Crippen LogP contribution in [0, 0.1) is 5.41 Å². The summed E-state index contributed by atoms with van der Waals surface area (Å²) in [5.41, 5.74) is -0.423. The van der Waals surface area contributed by atoms with Crippen LogP contribution in [0.5, 0.6) is 0 Å². The molecular formula is C20H37N3O2. The number of amides is 2. The van der Waals surface area contributed by atoms with Crippen molar-refractivity contribution < 1.29 is 9.59 Å². The van der Waals surface area contributed by atoms with Crippen molar-refractivity contribution >= 4 is 11.8 Å². The Morgan fingerprint density at radius 1 is 1.04 bits per heavy atom. The first-order valence-corrected chi connectivity index (χ1v) is 10.1. The van der Waals surface area contributed by atoms with Crippen molar-refractivity contribution in [3.05, 3.63) is 0 Å². The van der Waals surface area contributed by atoms with Crippen LogP contribution >= 0.6 is 0 Å². The molecule has 0 aromatic heterocycles. The molecule has 2 atom stereocenters. The molecule has 0 radical (unpaired) electrons. The van der Waals surface area contributed by atoms with Crippen LogP contribution in [0.15, 0.2) is 0 Å². The molecule has 5 heteroatoms. The Bertz CT molecular complexity index is 458. The lowest BCUT2D eigenvalue weighted by molar-refractivity contribution is -0.144. The minimum absolute atomic E-state index is 0.0291. The van der Waals surface area contributed by atoms with Crippen molar-refractivity contribution in [2.75, 3.05) is 26.2 Å². The maximum absolute atomic E-state index is 12.5. The molecule has 0 aromatic carbocycles. The number of carbonyl (C=O) groups excluding carboxylic acids is 2. The molecule has 2 aliphatic rings. The van der Waals surface area contributed by atoms with Crippen LogP contribution in [0.25, 0.3) is 0 Å². The van der Waals surface area contributed by atoms with Crippen molar-refractivity contribution in [3.8, 4) is 0 Å². The molecule has 0 aromatic rings. The Morgan fingerprint density at radius 2 is 1.80 bits per heavy atom. The fraction of sp³-hybridized carbons (Fsp3) is 0.900. The Kier molecular flexibility index (Phi) is 7.29. The van der Waals surface area contributed by atoms with Crippen LogP contribution in [0.3, 0.4) is 0 Å². The van der Waals surface area contributed by atoms with Crippen molar-refractivity contribution in [2.45, 2.75) is 84.7 Å². The standard InChI is InChI=1S/C20H37N3O2/c1-16-10-5-7-13-22(16)14-8-6-12-21-18(24)17-11-9-15-23(17)19(25)20(2,3)4/h16-17H,5-15H2,1-4H3,(H,21,24). The molecule has 2 aliphatic heterocycles. The molecule has 25 heavy (non-hydrogen) atoms. The van der Waals surface area contributed by atoms with Gasteiger partial charge in [0, 0.05) is 24.5 Å². The highest BCUT2D eigenvalue weighted by atomic mass is 16.2. The second-order valence-corrected chi connectivity index (χ2v) is 8.79. The SMILES string of the molecule is CC1CCCCN1CCCCNC(=O)C1CCCN1C(=O)C(C)(C)C. The zero-order chi connectivity index (χ0) is 18.4. The third kappa shape index (κ3) is 5.70. The van der Waals surface area contributed by atoms with Gasteiger partial charge in [0.25, 0.3) is 0 Å². The summed E-state index contributed by atoms with van der Waals surface area (Å²) in [7, 11) is 0. The summed E-state index contributed by atoms with van der Waals surface area (Å²) in [4.78, 5) is 29.4. The molecular weight excluding hydrogens is 314 g/mol. The maximum Gasteiger partial charge on any atom is 0.242 e. The minimum Gasteiger partial charge on any atom is -0.354 e. The normalized spacial score (nSPS) is 25.2. The lowest BCUT2D eigenvalue weighted by Gasteiger charge is -2.33. The molecule has 1 N–H and O–H groups in total. The van der Waals surface area contributed by atoms with Crippen LogP contribution in [-0.2, 0) is 9.59 Å². The Balaban J connectivity index is 1.68. The van der Waals surface area contributed by atoms with Gasteiger partial charge >= 0.3 is 0 Å². The predicted octanol–water partition coefficient (Wildman–Crippen LogP) is 2.79. The smallest absolute Gasteiger partial charge is 0.242 e. The lowest BCUT2D eigenvalue weighted by atomic mass is 9.94. The Hall–Kier alpha value is -1.10. The van der Waals surface area contributed by atoms with E-state index in [4.69, 9.17) is 0 Å². The van der Waals surface area contributed by atoms with Gasteiger partial charge in [0.15, 0.2) is 0 Å². The topological polar surface area (TPSA) is 52.7 Å². The number of piperidine rings is 1. The number of likely N-dealkylation sites (tertiary alicyclic amines) is 2. The molecule has 0 spiro atoms. The molecule has 2 unspecified atom stereocenters. The van der Waals surface area contributed by atoms with Gasteiger partial charge in [-0.3, -0.25) is 9.59 Å². The number of nitrogens with one attached hydrogen (secondary N) is 1. The first kappa shape index (κ1) is 20.2. The molecule has 2 heterocycles. The van der Waals surface area contributed by atoms with E-state index in [1.807, 2.05) is 20.8 Å². The number of nitrogens with zero attached hydrogens (tertiary/aromatic N) is 2. The number of rotatable bonds is 6. The summed E-state index contributed by atoms with van der Waals surface area (Å²) in [6, 6.07) is 0.438. The summed E-state index contributed by atoms with van der Waals surface area (Å²) >= 11 is 0. The molecule has 0 bridgehead atoms. The Morgan fingerprint density at radius 3 is 2.48 bits per heavy atom. The highest BCUT2D eigenvalue weighted by molar-refractivity contribution is 5.90. The van der Waals surface area contributed by atoms with Crippen molar-refractivity contribution in [1.29, 1.82) is 0 Å². The molecule has 5 nitrogen and oxygen atoms in total. The second-order valence-electron chi connectivity index (χ2n) is 8.79. The molecule has 2 rings (SSSR count). The van der Waals surface area contributed by atoms with Gasteiger partial charge < -0.3 is 15.1 Å². The van der Waals surface area contributed by atoms with Gasteiger partial charge in [-0.05, 0) is 58.5 Å². The molecule has 0 aliphatic carbocycles. The van der Waals surface area contributed by atoms with Gasteiger partial charge in [-0.1, -0.05) is 27.2 Å². The fourth-order valence-electron chi connectivity index (χ4n) is 3.97. The number of unbranched alkanes of at least 4 members (excludes halogenated alkanes) is 1. The Labute approximate surface area is 153 Å². The van der Waals surface area contributed by atoms with E-state index in [9.17, 15) is 9.59 Å². The first-order chi connectivity index (χ1) is 11.8. The van der Waals surface area contributed by atoms with Crippen molar-refractivity contribution in [1.82, 2.24) is 15.1 Å². The average molecular weight is 352 g/mol. The summed E-state index contributed by atoms with van der Waals surface area (Å²) in [6.07, 6.45) is 7.84. The summed E-state index contributed by atoms with van der Waals surface area (Å²) < 4.78 is 0. The monoisotopic (exact) mass is 351 g/mol. The first-order valence-electron chi connectivity index (χ1n) is 10.1. The maximum atomic E-state index is 12.5. The van der Waals surface area contributed by atoms with Crippen LogP contribution in [0.1, 0.15) is 72.6 Å². The van der Waals surface area contributed by atoms with Gasteiger partial charge in [0.2, 0.25) is 11.8 Å². The predicted molar refractivity (Wildman–Crippen MR) is 101 cm³/mol. The largest absolute Gasteiger partial charge is 0.354 e. The number of hydrogen-bond acceptors (Lipinski definition) is 3. The average Bonchev–Trinajstić information content (AvgIpc) is 3.04. The number of hydrogen-bond donors (Lipinski definition) is 1. The summed E-state index contributed by atoms with van der Waals surface area (Å²) in [5.74, 6) is 0.116. The highest BCUT2D eigenvalue weighted by Gasteiger charge is 2.38. The molecule has 2 saturated heterocycles. The van der Waals surface area contributed by atoms with Crippen molar-refractivity contribution in [2.24, 2.45) is 5.41 Å². The van der Waals surface area contributed by atoms with E-state index in [0.29, 0.717) is 12.6 Å². The third-order valence-corrected chi connectivity index (χ3v) is 5.57. The quantitative estimate of drug-likeness (QED) is 0.749. The summed E-state index contributed by atoms with van der Waals surface area (Å²) in [5, 5.41) is 3.06. The number of carbonyl (C=O) groups is 2. The van der Waals surface area contributed by atoms with Crippen LogP contribution in [-0.4, -0.2) is 59.9 Å². The highest BCUT2D eigenvalue weighted by Crippen LogP contribution is 2.25. The molecule has 0 saturated carbocycles. The summed E-state index contributed by atoms with van der Waals surface area (Å²) in [6.45, 7) is 11.9. The fourth-order valence-corrected chi connectivity index (χ4v) is 3.97. The van der Waals surface area contributed by atoms with Crippen LogP contribution in [0.4, 0.5) is 0 Å². The van der Waals surface area contributed by atoms with E-state index in [0.717, 1.165) is 38.8 Å². The zero-order valence-electron chi connectivity index (χ0n) is 16.6. The van der Waals surface area contributed by atoms with Gasteiger partial charge in [-0.25, -0.2) is 0 Å². The van der Waals surface area contributed by atoms with Gasteiger partial charge in [0.05, 0.1) is 0 Å². The molecule has 144 valence electrons. The zero-order valence-corrected chi connectivity index (χ0v) is 16.6. The van der Waals surface area contributed by atoms with E-state index in [2.05, 4.69) is 17.1 Å². The third-order valence-electron chi connectivity index (χ3n) is 5.57. The van der Waals surface area contributed by atoms with E-state index >= 15 is 0 Å². The van der Waals surface area contributed by atoms with Crippen LogP contribution < -0.4 is 5.32 Å². The molecule has 2 fully saturated rings. The van der Waals surface area contributed by atoms with Crippen LogP contribution in [0.2, 0.25) is 0 Å². The van der Waals surface area contributed by atoms with Gasteiger partial charge in [0.1, 0.15) is 6.04 Å². The van der Waals surface area contributed by atoms with Gasteiger partial charge in [-0.2, -0.15) is 0 Å². The molecule has 2 amide bonds. The van der Waals surface area contributed by atoms with Gasteiger partial charge in [-0.15, -0.1) is 0 Å². The second kappa shape index (κ2) is 9.02. The van der Waals surface area contributed by atoms with E-state index < -0.39 is 5.41 Å². The lowest BCUT2D eigenvalue weighted by Crippen LogP contribution is -2.49. The van der Waals surface area contributed by atoms with E-state index in [-0.39, 0.29) is 17.9 Å². The van der Waals surface area contributed by atoms with E-state index in [1.54, 1.807) is 4.90 Å².